The monoisotopic (exact) mass is 343 g/mol. The van der Waals surface area contributed by atoms with Gasteiger partial charge in [0.05, 0.1) is 5.69 Å². The third-order valence-electron chi connectivity index (χ3n) is 5.63. The molecular formula is C19H25N3O3. The number of hydrogen-bond acceptors (Lipinski definition) is 4. The van der Waals surface area contributed by atoms with Crippen molar-refractivity contribution in [3.8, 4) is 5.75 Å². The highest BCUT2D eigenvalue weighted by molar-refractivity contribution is 5.99. The van der Waals surface area contributed by atoms with Crippen molar-refractivity contribution in [2.75, 3.05) is 31.6 Å². The maximum absolute atomic E-state index is 12.5. The van der Waals surface area contributed by atoms with Gasteiger partial charge in [0.1, 0.15) is 5.75 Å². The van der Waals surface area contributed by atoms with E-state index in [4.69, 9.17) is 4.74 Å². The number of benzene rings is 1. The smallest absolute Gasteiger partial charge is 0.262 e. The lowest BCUT2D eigenvalue weighted by molar-refractivity contribution is -0.118. The molecular weight excluding hydrogens is 318 g/mol. The summed E-state index contributed by atoms with van der Waals surface area (Å²) in [5.74, 6) is 0.875. The third kappa shape index (κ3) is 3.49. The molecule has 0 aliphatic carbocycles. The van der Waals surface area contributed by atoms with Crippen LogP contribution in [0.1, 0.15) is 42.5 Å². The van der Waals surface area contributed by atoms with Crippen LogP contribution < -0.4 is 15.4 Å². The summed E-state index contributed by atoms with van der Waals surface area (Å²) in [5, 5.41) is 5.85. The summed E-state index contributed by atoms with van der Waals surface area (Å²) in [5.41, 5.74) is 1.13. The Bertz CT molecular complexity index is 674. The van der Waals surface area contributed by atoms with E-state index in [0.29, 0.717) is 29.0 Å². The van der Waals surface area contributed by atoms with Gasteiger partial charge in [0.25, 0.3) is 11.8 Å². The number of amides is 2. The van der Waals surface area contributed by atoms with Crippen LogP contribution in [0.3, 0.4) is 0 Å². The molecule has 1 aromatic rings. The number of nitrogens with zero attached hydrogens (tertiary/aromatic N) is 1. The molecule has 4 rings (SSSR count). The summed E-state index contributed by atoms with van der Waals surface area (Å²) in [7, 11) is 0. The van der Waals surface area contributed by atoms with Crippen molar-refractivity contribution in [3.05, 3.63) is 23.8 Å². The Morgan fingerprint density at radius 2 is 2.12 bits per heavy atom. The van der Waals surface area contributed by atoms with Crippen molar-refractivity contribution in [2.24, 2.45) is 5.92 Å². The predicted octanol–water partition coefficient (Wildman–Crippen LogP) is 2.01. The zero-order chi connectivity index (χ0) is 17.2. The van der Waals surface area contributed by atoms with Gasteiger partial charge in [0, 0.05) is 18.2 Å². The van der Waals surface area contributed by atoms with Crippen LogP contribution in [0.25, 0.3) is 0 Å². The summed E-state index contributed by atoms with van der Waals surface area (Å²) >= 11 is 0. The Morgan fingerprint density at radius 1 is 1.24 bits per heavy atom. The number of carbonyl (C=O) groups is 2. The lowest BCUT2D eigenvalue weighted by Gasteiger charge is -2.44. The average Bonchev–Trinajstić information content (AvgIpc) is 2.65. The van der Waals surface area contributed by atoms with Crippen molar-refractivity contribution in [1.29, 1.82) is 0 Å². The van der Waals surface area contributed by atoms with Crippen LogP contribution in [-0.2, 0) is 4.79 Å². The highest BCUT2D eigenvalue weighted by Gasteiger charge is 2.33. The SMILES string of the molecule is O=C1COc2ccc(C(=O)NC[C@@H]3CCCN4CCCC[C@@H]34)cc2N1. The van der Waals surface area contributed by atoms with Crippen LogP contribution in [-0.4, -0.2) is 49.0 Å². The minimum absolute atomic E-state index is 0.0259. The van der Waals surface area contributed by atoms with Crippen LogP contribution in [0.15, 0.2) is 18.2 Å². The normalized spacial score (nSPS) is 26.0. The Labute approximate surface area is 147 Å². The summed E-state index contributed by atoms with van der Waals surface area (Å²) in [4.78, 5) is 26.6. The summed E-state index contributed by atoms with van der Waals surface area (Å²) in [6.07, 6.45) is 6.27. The highest BCUT2D eigenvalue weighted by Crippen LogP contribution is 2.31. The number of ether oxygens (including phenoxy) is 1. The Morgan fingerprint density at radius 3 is 3.04 bits per heavy atom. The molecule has 0 saturated carbocycles. The van der Waals surface area contributed by atoms with Crippen molar-refractivity contribution in [1.82, 2.24) is 10.2 Å². The van der Waals surface area contributed by atoms with Crippen molar-refractivity contribution < 1.29 is 14.3 Å². The van der Waals surface area contributed by atoms with Gasteiger partial charge in [-0.25, -0.2) is 0 Å². The van der Waals surface area contributed by atoms with Gasteiger partial charge in [-0.05, 0) is 62.9 Å². The van der Waals surface area contributed by atoms with Gasteiger partial charge in [-0.15, -0.1) is 0 Å². The number of nitrogens with one attached hydrogen (secondary N) is 2. The van der Waals surface area contributed by atoms with E-state index < -0.39 is 0 Å². The van der Waals surface area contributed by atoms with Crippen molar-refractivity contribution in [3.63, 3.8) is 0 Å². The van der Waals surface area contributed by atoms with E-state index >= 15 is 0 Å². The van der Waals surface area contributed by atoms with Crippen LogP contribution in [0.5, 0.6) is 5.75 Å². The van der Waals surface area contributed by atoms with Crippen molar-refractivity contribution >= 4 is 17.5 Å². The average molecular weight is 343 g/mol. The lowest BCUT2D eigenvalue weighted by atomic mass is 9.83. The van der Waals surface area contributed by atoms with Crippen LogP contribution in [0, 0.1) is 5.92 Å². The first-order valence-corrected chi connectivity index (χ1v) is 9.29. The quantitative estimate of drug-likeness (QED) is 0.881. The third-order valence-corrected chi connectivity index (χ3v) is 5.63. The van der Waals surface area contributed by atoms with Gasteiger partial charge in [0.15, 0.2) is 6.61 Å². The van der Waals surface area contributed by atoms with Crippen LogP contribution in [0.4, 0.5) is 5.69 Å². The van der Waals surface area contributed by atoms with E-state index in [9.17, 15) is 9.59 Å². The second-order valence-electron chi connectivity index (χ2n) is 7.26. The maximum Gasteiger partial charge on any atom is 0.262 e. The Balaban J connectivity index is 1.39. The van der Waals surface area contributed by atoms with E-state index in [0.717, 1.165) is 6.54 Å². The van der Waals surface area contributed by atoms with E-state index in [1.807, 2.05) is 0 Å². The summed E-state index contributed by atoms with van der Waals surface area (Å²) < 4.78 is 5.34. The fourth-order valence-electron chi connectivity index (χ4n) is 4.37. The second kappa shape index (κ2) is 7.04. The number of piperidine rings is 2. The van der Waals surface area contributed by atoms with E-state index in [2.05, 4.69) is 15.5 Å². The lowest BCUT2D eigenvalue weighted by Crippen LogP contribution is -2.51. The molecule has 25 heavy (non-hydrogen) atoms. The standard InChI is InChI=1S/C19H25N3O3/c23-18-12-25-17-7-6-13(10-15(17)21-18)19(24)20-11-14-4-3-9-22-8-2-1-5-16(14)22/h6-7,10,14,16H,1-5,8-9,11-12H2,(H,20,24)(H,21,23)/t14-,16-/m0/s1. The molecule has 134 valence electrons. The summed E-state index contributed by atoms with van der Waals surface area (Å²) in [6, 6.07) is 5.81. The zero-order valence-corrected chi connectivity index (χ0v) is 14.4. The molecule has 0 aromatic heterocycles. The molecule has 1 aromatic carbocycles. The fourth-order valence-corrected chi connectivity index (χ4v) is 4.37. The Hall–Kier alpha value is -2.08. The number of hydrogen-bond donors (Lipinski definition) is 2. The molecule has 2 amide bonds. The summed E-state index contributed by atoms with van der Waals surface area (Å²) in [6.45, 7) is 3.16. The predicted molar refractivity (Wildman–Crippen MR) is 94.8 cm³/mol. The molecule has 3 aliphatic rings. The van der Waals surface area contributed by atoms with Gasteiger partial charge >= 0.3 is 0 Å². The molecule has 0 unspecified atom stereocenters. The van der Waals surface area contributed by atoms with Gasteiger partial charge in [-0.3, -0.25) is 9.59 Å². The molecule has 2 saturated heterocycles. The van der Waals surface area contributed by atoms with Gasteiger partial charge < -0.3 is 20.3 Å². The number of anilines is 1. The molecule has 2 fully saturated rings. The molecule has 2 N–H and O–H groups in total. The molecule has 3 aliphatic heterocycles. The highest BCUT2D eigenvalue weighted by atomic mass is 16.5. The fraction of sp³-hybridized carbons (Fsp3) is 0.579. The number of rotatable bonds is 3. The van der Waals surface area contributed by atoms with Gasteiger partial charge in [-0.2, -0.15) is 0 Å². The van der Waals surface area contributed by atoms with E-state index in [1.54, 1.807) is 18.2 Å². The minimum atomic E-state index is -0.190. The minimum Gasteiger partial charge on any atom is -0.482 e. The topological polar surface area (TPSA) is 70.7 Å². The molecule has 0 spiro atoms. The second-order valence-corrected chi connectivity index (χ2v) is 7.26. The Kier molecular flexibility index (Phi) is 4.61. The molecule has 6 heteroatoms. The van der Waals surface area contributed by atoms with Gasteiger partial charge in [0.2, 0.25) is 0 Å². The molecule has 2 atom stereocenters. The molecule has 6 nitrogen and oxygen atoms in total. The molecule has 3 heterocycles. The first kappa shape index (κ1) is 16.4. The number of carbonyl (C=O) groups excluding carboxylic acids is 2. The largest absolute Gasteiger partial charge is 0.482 e. The molecule has 0 bridgehead atoms. The van der Waals surface area contributed by atoms with Gasteiger partial charge in [-0.1, -0.05) is 6.42 Å². The maximum atomic E-state index is 12.5. The first-order chi connectivity index (χ1) is 12.2. The van der Waals surface area contributed by atoms with Crippen LogP contribution >= 0.6 is 0 Å². The first-order valence-electron chi connectivity index (χ1n) is 9.29. The van der Waals surface area contributed by atoms with Crippen molar-refractivity contribution in [2.45, 2.75) is 38.1 Å². The van der Waals surface area contributed by atoms with E-state index in [-0.39, 0.29) is 18.4 Å². The zero-order valence-electron chi connectivity index (χ0n) is 14.4. The molecule has 0 radical (unpaired) electrons. The number of fused-ring (bicyclic) bond motifs is 2. The van der Waals surface area contributed by atoms with Crippen LogP contribution in [0.2, 0.25) is 0 Å². The van der Waals surface area contributed by atoms with E-state index in [1.165, 1.54) is 45.2 Å².